The quantitative estimate of drug-likeness (QED) is 0.508. The van der Waals surface area contributed by atoms with E-state index < -0.39 is 11.1 Å². The molecule has 0 radical (unpaired) electrons. The Morgan fingerprint density at radius 1 is 1.07 bits per heavy atom. The number of para-hydroxylation sites is 2. The maximum Gasteiger partial charge on any atom is 0.350 e. The maximum absolute atomic E-state index is 11.1. The highest BCUT2D eigenvalue weighted by Crippen LogP contribution is 2.09. The zero-order chi connectivity index (χ0) is 10.3. The molecule has 1 aromatic heterocycles. The topological polar surface area (TPSA) is 64.2 Å². The number of hydrogen-bond acceptors (Lipinski definition) is 3. The lowest BCUT2D eigenvalue weighted by Crippen LogP contribution is -2.38. The Kier molecular flexibility index (Phi) is 1.82. The minimum atomic E-state index is -1.07. The fourth-order valence-corrected chi connectivity index (χ4v) is 1.42. The van der Waals surface area contributed by atoms with Gasteiger partial charge in [0.2, 0.25) is 0 Å². The van der Waals surface area contributed by atoms with E-state index in [9.17, 15) is 14.8 Å². The summed E-state index contributed by atoms with van der Waals surface area (Å²) in [7, 11) is 0. The maximum atomic E-state index is 11.1. The molecule has 2 aromatic rings. The molecule has 72 valence electrons. The van der Waals surface area contributed by atoms with Crippen LogP contribution in [0.15, 0.2) is 33.9 Å². The van der Waals surface area contributed by atoms with E-state index in [4.69, 9.17) is 11.8 Å². The van der Waals surface area contributed by atoms with Gasteiger partial charge in [-0.3, -0.25) is 9.59 Å². The Bertz CT molecular complexity index is 559. The molecule has 0 aliphatic carbocycles. The highest BCUT2D eigenvalue weighted by Gasteiger charge is 2.09. The van der Waals surface area contributed by atoms with Gasteiger partial charge in [0, 0.05) is 11.8 Å². The van der Waals surface area contributed by atoms with E-state index in [0.29, 0.717) is 4.09 Å². The zero-order valence-corrected chi connectivity index (χ0v) is 7.60. The highest BCUT2D eigenvalue weighted by atomic mass is 35.5. The molecule has 0 aliphatic heterocycles. The van der Waals surface area contributed by atoms with Crippen molar-refractivity contribution in [2.75, 3.05) is 0 Å². The number of hydrogen-bond donors (Lipinski definition) is 1. The van der Waals surface area contributed by atoms with Crippen LogP contribution < -0.4 is 11.1 Å². The summed E-state index contributed by atoms with van der Waals surface area (Å²) in [5.74, 6) is 0. The monoisotopic (exact) mass is 212 g/mol. The van der Waals surface area contributed by atoms with E-state index in [1.807, 2.05) is 0 Å². The van der Waals surface area contributed by atoms with E-state index in [1.54, 1.807) is 12.1 Å². The largest absolute Gasteiger partial charge is 0.425 e. The first-order valence-corrected chi connectivity index (χ1v) is 4.09. The van der Waals surface area contributed by atoms with Crippen molar-refractivity contribution in [2.45, 2.75) is 0 Å². The van der Waals surface area contributed by atoms with Gasteiger partial charge in [-0.1, -0.05) is 12.1 Å². The van der Waals surface area contributed by atoms with Gasteiger partial charge in [-0.05, 0) is 12.1 Å². The Morgan fingerprint density at radius 3 is 2.29 bits per heavy atom. The normalized spacial score (nSPS) is 10.6. The van der Waals surface area contributed by atoms with Crippen LogP contribution in [0.4, 0.5) is 0 Å². The first-order valence-electron chi connectivity index (χ1n) is 3.75. The van der Waals surface area contributed by atoms with Crippen LogP contribution in [0.2, 0.25) is 0 Å². The van der Waals surface area contributed by atoms with Crippen molar-refractivity contribution in [2.24, 2.45) is 0 Å². The van der Waals surface area contributed by atoms with Crippen LogP contribution in [0.25, 0.3) is 11.0 Å². The molecule has 0 atom stereocenters. The van der Waals surface area contributed by atoms with Crippen molar-refractivity contribution in [1.82, 2.24) is 8.82 Å². The molecule has 0 bridgehead atoms. The molecular formula is C8H5ClN2O3. The molecule has 1 heterocycles. The number of aromatic nitrogens is 2. The Labute approximate surface area is 82.5 Å². The third kappa shape index (κ3) is 1.03. The number of nitrogens with zero attached hydrogens (tertiary/aromatic N) is 2. The van der Waals surface area contributed by atoms with Gasteiger partial charge in [-0.15, -0.1) is 4.73 Å². The standard InChI is InChI=1S/C8H5ClN2O3/c9-10-5-3-1-2-4-6(5)11(14)8(13)7(10)12/h1-4,14H. The average molecular weight is 213 g/mol. The Morgan fingerprint density at radius 2 is 1.64 bits per heavy atom. The second-order valence-electron chi connectivity index (χ2n) is 2.69. The minimum absolute atomic E-state index is 0.187. The molecule has 0 spiro atoms. The summed E-state index contributed by atoms with van der Waals surface area (Å²) >= 11 is 5.58. The van der Waals surface area contributed by atoms with Crippen LogP contribution in [0.3, 0.4) is 0 Å². The van der Waals surface area contributed by atoms with E-state index in [0.717, 1.165) is 0 Å². The number of rotatable bonds is 0. The van der Waals surface area contributed by atoms with Crippen molar-refractivity contribution < 1.29 is 5.21 Å². The molecule has 1 aromatic carbocycles. The van der Waals surface area contributed by atoms with Crippen molar-refractivity contribution >= 4 is 22.8 Å². The molecule has 1 N–H and O–H groups in total. The highest BCUT2D eigenvalue weighted by molar-refractivity contribution is 6.18. The van der Waals surface area contributed by atoms with Gasteiger partial charge in [0.15, 0.2) is 0 Å². The lowest BCUT2D eigenvalue weighted by molar-refractivity contribution is 0.186. The fourth-order valence-electron chi connectivity index (χ4n) is 1.20. The van der Waals surface area contributed by atoms with Crippen LogP contribution in [0.1, 0.15) is 0 Å². The fraction of sp³-hybridized carbons (Fsp3) is 0. The van der Waals surface area contributed by atoms with Crippen molar-refractivity contribution in [3.8, 4) is 0 Å². The third-order valence-corrected chi connectivity index (χ3v) is 2.21. The molecule has 14 heavy (non-hydrogen) atoms. The predicted octanol–water partition coefficient (Wildman–Crippen LogP) is 0.402. The Hall–Kier alpha value is -1.75. The van der Waals surface area contributed by atoms with Crippen molar-refractivity contribution in [3.63, 3.8) is 0 Å². The first kappa shape index (κ1) is 8.83. The van der Waals surface area contributed by atoms with E-state index in [2.05, 4.69) is 0 Å². The summed E-state index contributed by atoms with van der Waals surface area (Å²) < 4.78 is 0.973. The van der Waals surface area contributed by atoms with Crippen LogP contribution in [0, 0.1) is 0 Å². The smallest absolute Gasteiger partial charge is 0.350 e. The number of fused-ring (bicyclic) bond motifs is 1. The van der Waals surface area contributed by atoms with Gasteiger partial charge in [0.05, 0.1) is 5.52 Å². The molecule has 5 nitrogen and oxygen atoms in total. The van der Waals surface area contributed by atoms with Crippen LogP contribution in [-0.2, 0) is 0 Å². The Balaban J connectivity index is 3.19. The number of halogens is 1. The second kappa shape index (κ2) is 2.88. The SMILES string of the molecule is O=c1c(=O)n(Cl)c2ccccc2n1O. The van der Waals surface area contributed by atoms with Gasteiger partial charge in [-0.2, -0.15) is 0 Å². The molecule has 0 fully saturated rings. The van der Waals surface area contributed by atoms with E-state index in [-0.39, 0.29) is 15.8 Å². The van der Waals surface area contributed by atoms with E-state index in [1.165, 1.54) is 12.1 Å². The lowest BCUT2D eigenvalue weighted by atomic mass is 10.3. The minimum Gasteiger partial charge on any atom is -0.425 e. The van der Waals surface area contributed by atoms with Gasteiger partial charge in [-0.25, -0.2) is 4.09 Å². The molecule has 0 aliphatic rings. The summed E-state index contributed by atoms with van der Waals surface area (Å²) in [6.07, 6.45) is 0. The third-order valence-electron chi connectivity index (χ3n) is 1.88. The van der Waals surface area contributed by atoms with Crippen molar-refractivity contribution in [3.05, 3.63) is 45.0 Å². The van der Waals surface area contributed by atoms with Crippen molar-refractivity contribution in [1.29, 1.82) is 0 Å². The van der Waals surface area contributed by atoms with Gasteiger partial charge in [0.25, 0.3) is 0 Å². The summed E-state index contributed by atoms with van der Waals surface area (Å²) in [6.45, 7) is 0. The second-order valence-corrected chi connectivity index (χ2v) is 3.03. The van der Waals surface area contributed by atoms with Gasteiger partial charge < -0.3 is 5.21 Å². The molecule has 6 heteroatoms. The lowest BCUT2D eigenvalue weighted by Gasteiger charge is -2.03. The molecular weight excluding hydrogens is 208 g/mol. The molecule has 0 saturated heterocycles. The summed E-state index contributed by atoms with van der Waals surface area (Å²) in [4.78, 5) is 22.2. The van der Waals surface area contributed by atoms with Crippen LogP contribution in [0.5, 0.6) is 0 Å². The molecule has 0 saturated carbocycles. The van der Waals surface area contributed by atoms with Crippen LogP contribution >= 0.6 is 11.8 Å². The van der Waals surface area contributed by atoms with Crippen LogP contribution in [-0.4, -0.2) is 14.0 Å². The summed E-state index contributed by atoms with van der Waals surface area (Å²) in [6, 6.07) is 6.27. The number of benzene rings is 1. The first-order chi connectivity index (χ1) is 6.63. The summed E-state index contributed by atoms with van der Waals surface area (Å²) in [5, 5.41) is 9.30. The average Bonchev–Trinajstić information content (AvgIpc) is 2.23. The molecule has 0 unspecified atom stereocenters. The summed E-state index contributed by atoms with van der Waals surface area (Å²) in [5.41, 5.74) is -1.58. The zero-order valence-electron chi connectivity index (χ0n) is 6.85. The molecule has 0 amide bonds. The molecule has 2 rings (SSSR count). The van der Waals surface area contributed by atoms with Gasteiger partial charge >= 0.3 is 11.1 Å². The predicted molar refractivity (Wildman–Crippen MR) is 50.9 cm³/mol. The van der Waals surface area contributed by atoms with E-state index >= 15 is 0 Å². The van der Waals surface area contributed by atoms with Gasteiger partial charge in [0.1, 0.15) is 5.52 Å².